The van der Waals surface area contributed by atoms with Gasteiger partial charge in [-0.15, -0.1) is 11.3 Å². The molecule has 1 aliphatic carbocycles. The Morgan fingerprint density at radius 1 is 1.35 bits per heavy atom. The maximum atomic E-state index is 12.3. The zero-order chi connectivity index (χ0) is 14.8. The summed E-state index contributed by atoms with van der Waals surface area (Å²) < 4.78 is 27.4. The van der Waals surface area contributed by atoms with Gasteiger partial charge in [-0.05, 0) is 25.0 Å². The van der Waals surface area contributed by atoms with Crippen molar-refractivity contribution in [1.82, 2.24) is 4.72 Å². The van der Waals surface area contributed by atoms with E-state index >= 15 is 0 Å². The predicted molar refractivity (Wildman–Crippen MR) is 83.4 cm³/mol. The van der Waals surface area contributed by atoms with Crippen LogP contribution in [0.25, 0.3) is 0 Å². The third kappa shape index (κ3) is 3.76. The third-order valence-electron chi connectivity index (χ3n) is 3.38. The molecule has 1 fully saturated rings. The van der Waals surface area contributed by atoms with Gasteiger partial charge in [-0.3, -0.25) is 0 Å². The fraction of sp³-hybridized carbons (Fsp3) is 0.583. The maximum Gasteiger partial charge on any atom is 0.250 e. The van der Waals surface area contributed by atoms with Gasteiger partial charge in [0, 0.05) is 6.04 Å². The van der Waals surface area contributed by atoms with Crippen molar-refractivity contribution in [3.8, 4) is 0 Å². The van der Waals surface area contributed by atoms with Gasteiger partial charge in [0.1, 0.15) is 9.20 Å². The standard InChI is InChI=1S/C12H18N2O3S3/c13-12(18)10-6-7-11(19-10)20(16,17)14-8-4-2-1-3-5-9(8)15/h6-9,14-15H,1-5H2,(H2,13,18). The second-order valence-corrected chi connectivity index (χ2v) is 8.38. The Labute approximate surface area is 128 Å². The van der Waals surface area contributed by atoms with Crippen LogP contribution in [0.5, 0.6) is 0 Å². The highest BCUT2D eigenvalue weighted by atomic mass is 32.2. The highest BCUT2D eigenvalue weighted by molar-refractivity contribution is 7.91. The third-order valence-corrected chi connectivity index (χ3v) is 6.82. The van der Waals surface area contributed by atoms with E-state index in [1.54, 1.807) is 6.07 Å². The molecule has 0 spiro atoms. The van der Waals surface area contributed by atoms with Gasteiger partial charge in [0.2, 0.25) is 10.0 Å². The fourth-order valence-electron chi connectivity index (χ4n) is 2.28. The van der Waals surface area contributed by atoms with Gasteiger partial charge < -0.3 is 10.8 Å². The van der Waals surface area contributed by atoms with Crippen LogP contribution in [0.3, 0.4) is 0 Å². The molecule has 2 unspecified atom stereocenters. The molecule has 0 saturated heterocycles. The second kappa shape index (κ2) is 6.48. The van der Waals surface area contributed by atoms with Crippen molar-refractivity contribution in [2.24, 2.45) is 5.73 Å². The monoisotopic (exact) mass is 334 g/mol. The van der Waals surface area contributed by atoms with Crippen LogP contribution in [-0.2, 0) is 10.0 Å². The van der Waals surface area contributed by atoms with Crippen molar-refractivity contribution < 1.29 is 13.5 Å². The van der Waals surface area contributed by atoms with Gasteiger partial charge in [0.15, 0.2) is 0 Å². The number of nitrogens with one attached hydrogen (secondary N) is 1. The largest absolute Gasteiger partial charge is 0.391 e. The van der Waals surface area contributed by atoms with E-state index in [0.29, 0.717) is 17.7 Å². The van der Waals surface area contributed by atoms with Crippen LogP contribution in [0.4, 0.5) is 0 Å². The molecule has 1 aromatic rings. The van der Waals surface area contributed by atoms with E-state index in [-0.39, 0.29) is 9.20 Å². The van der Waals surface area contributed by atoms with Crippen LogP contribution in [0.2, 0.25) is 0 Å². The first kappa shape index (κ1) is 15.8. The van der Waals surface area contributed by atoms with E-state index in [9.17, 15) is 13.5 Å². The minimum absolute atomic E-state index is 0.178. The molecular weight excluding hydrogens is 316 g/mol. The van der Waals surface area contributed by atoms with Crippen molar-refractivity contribution in [3.63, 3.8) is 0 Å². The number of rotatable bonds is 4. The number of aliphatic hydroxyl groups is 1. The van der Waals surface area contributed by atoms with Crippen LogP contribution >= 0.6 is 23.6 Å². The molecule has 112 valence electrons. The highest BCUT2D eigenvalue weighted by Gasteiger charge is 2.28. The lowest BCUT2D eigenvalue weighted by Crippen LogP contribution is -2.42. The van der Waals surface area contributed by atoms with Crippen LogP contribution < -0.4 is 10.5 Å². The SMILES string of the molecule is NC(=S)c1ccc(S(=O)(=O)NC2CCCCCC2O)s1. The molecule has 0 aliphatic heterocycles. The van der Waals surface area contributed by atoms with E-state index in [0.717, 1.165) is 30.6 Å². The first-order valence-corrected chi connectivity index (χ1v) is 9.21. The number of hydrogen-bond acceptors (Lipinski definition) is 5. The zero-order valence-electron chi connectivity index (χ0n) is 10.9. The Bertz CT molecular complexity index is 583. The predicted octanol–water partition coefficient (Wildman–Crippen LogP) is 1.35. The Kier molecular flexibility index (Phi) is 5.14. The van der Waals surface area contributed by atoms with E-state index in [1.807, 2.05) is 0 Å². The van der Waals surface area contributed by atoms with E-state index in [4.69, 9.17) is 18.0 Å². The Morgan fingerprint density at radius 2 is 2.05 bits per heavy atom. The topological polar surface area (TPSA) is 92.4 Å². The molecule has 1 aliphatic rings. The molecule has 1 saturated carbocycles. The lowest BCUT2D eigenvalue weighted by molar-refractivity contribution is 0.130. The molecule has 0 aromatic carbocycles. The number of thiophene rings is 1. The second-order valence-electron chi connectivity index (χ2n) is 4.92. The minimum Gasteiger partial charge on any atom is -0.391 e. The van der Waals surface area contributed by atoms with Crippen molar-refractivity contribution in [2.45, 2.75) is 48.5 Å². The number of thiocarbonyl (C=S) groups is 1. The summed E-state index contributed by atoms with van der Waals surface area (Å²) in [7, 11) is -3.63. The van der Waals surface area contributed by atoms with Gasteiger partial charge >= 0.3 is 0 Å². The summed E-state index contributed by atoms with van der Waals surface area (Å²) >= 11 is 5.87. The van der Waals surface area contributed by atoms with Gasteiger partial charge in [-0.25, -0.2) is 13.1 Å². The zero-order valence-corrected chi connectivity index (χ0v) is 13.4. The number of hydrogen-bond donors (Lipinski definition) is 3. The summed E-state index contributed by atoms with van der Waals surface area (Å²) in [6, 6.07) is 2.67. The Morgan fingerprint density at radius 3 is 2.70 bits per heavy atom. The van der Waals surface area contributed by atoms with Crippen molar-refractivity contribution in [3.05, 3.63) is 17.0 Å². The summed E-state index contributed by atoms with van der Waals surface area (Å²) in [4.78, 5) is 0.757. The minimum atomic E-state index is -3.63. The Hall–Kier alpha value is -0.540. The lowest BCUT2D eigenvalue weighted by atomic mass is 10.1. The maximum absolute atomic E-state index is 12.3. The van der Waals surface area contributed by atoms with Gasteiger partial charge in [-0.2, -0.15) is 0 Å². The van der Waals surface area contributed by atoms with E-state index < -0.39 is 22.2 Å². The highest BCUT2D eigenvalue weighted by Crippen LogP contribution is 2.24. The van der Waals surface area contributed by atoms with Crippen LogP contribution in [0, 0.1) is 0 Å². The molecule has 2 rings (SSSR count). The average Bonchev–Trinajstić information content (AvgIpc) is 2.79. The number of nitrogens with two attached hydrogens (primary N) is 1. The molecular formula is C12H18N2O3S3. The molecule has 1 heterocycles. The first-order chi connectivity index (χ1) is 9.40. The molecule has 20 heavy (non-hydrogen) atoms. The van der Waals surface area contributed by atoms with Gasteiger partial charge in [0.25, 0.3) is 0 Å². The molecule has 4 N–H and O–H groups in total. The summed E-state index contributed by atoms with van der Waals surface area (Å²) in [5, 5.41) is 9.99. The summed E-state index contributed by atoms with van der Waals surface area (Å²) in [5.41, 5.74) is 5.48. The molecule has 0 radical (unpaired) electrons. The van der Waals surface area contributed by atoms with Crippen LogP contribution in [-0.4, -0.2) is 30.7 Å². The van der Waals surface area contributed by atoms with Crippen LogP contribution in [0.1, 0.15) is 37.0 Å². The molecule has 0 amide bonds. The Balaban J connectivity index is 2.15. The summed E-state index contributed by atoms with van der Waals surface area (Å²) in [6.07, 6.45) is 3.56. The van der Waals surface area contributed by atoms with E-state index in [2.05, 4.69) is 4.72 Å². The van der Waals surface area contributed by atoms with E-state index in [1.165, 1.54) is 6.07 Å². The van der Waals surface area contributed by atoms with Gasteiger partial charge in [0.05, 0.1) is 11.0 Å². The number of aliphatic hydroxyl groups excluding tert-OH is 1. The summed E-state index contributed by atoms with van der Waals surface area (Å²) in [5.74, 6) is 0. The molecule has 1 aromatic heterocycles. The lowest BCUT2D eigenvalue weighted by Gasteiger charge is -2.21. The van der Waals surface area contributed by atoms with Crippen molar-refractivity contribution in [1.29, 1.82) is 0 Å². The molecule has 2 atom stereocenters. The summed E-state index contributed by atoms with van der Waals surface area (Å²) in [6.45, 7) is 0. The molecule has 0 bridgehead atoms. The first-order valence-electron chi connectivity index (χ1n) is 6.50. The normalized spacial score (nSPS) is 24.2. The van der Waals surface area contributed by atoms with Crippen LogP contribution in [0.15, 0.2) is 16.3 Å². The number of sulfonamides is 1. The molecule has 8 heteroatoms. The van der Waals surface area contributed by atoms with Gasteiger partial charge in [-0.1, -0.05) is 31.5 Å². The smallest absolute Gasteiger partial charge is 0.250 e. The average molecular weight is 334 g/mol. The van der Waals surface area contributed by atoms with Crippen molar-refractivity contribution in [2.75, 3.05) is 0 Å². The quantitative estimate of drug-likeness (QED) is 0.571. The molecule has 5 nitrogen and oxygen atoms in total. The van der Waals surface area contributed by atoms with Crippen molar-refractivity contribution >= 4 is 38.6 Å². The fourth-order valence-corrected chi connectivity index (χ4v) is 4.95.